The van der Waals surface area contributed by atoms with Crippen molar-refractivity contribution in [2.75, 3.05) is 14.7 Å². The first-order chi connectivity index (χ1) is 71.6. The Balaban J connectivity index is 0.000000115. The van der Waals surface area contributed by atoms with Crippen LogP contribution in [0.2, 0.25) is 0 Å². The van der Waals surface area contributed by atoms with E-state index in [2.05, 4.69) is 569 Å². The molecule has 27 rings (SSSR count). The van der Waals surface area contributed by atoms with E-state index in [0.717, 1.165) is 39.8 Å². The lowest BCUT2D eigenvalue weighted by molar-refractivity contribution is 0.590. The fraction of sp³-hybridized carbons (Fsp3) is 0.119. The van der Waals surface area contributed by atoms with Gasteiger partial charge in [0.25, 0.3) is 0 Å². The van der Waals surface area contributed by atoms with Crippen LogP contribution in [0.5, 0.6) is 0 Å². The molecular formula is C143H114FN3. The monoisotopic (exact) mass is 1890 g/mol. The fourth-order valence-electron chi connectivity index (χ4n) is 25.9. The van der Waals surface area contributed by atoms with Crippen LogP contribution in [-0.2, 0) is 37.9 Å². The highest BCUT2D eigenvalue weighted by atomic mass is 19.1. The van der Waals surface area contributed by atoms with Crippen LogP contribution in [0, 0.1) is 12.7 Å². The Bertz CT molecular complexity index is 8200. The average molecular weight is 1890 g/mol. The molecule has 0 spiro atoms. The molecule has 0 heterocycles. The molecule has 4 heteroatoms. The number of benzene rings is 21. The zero-order valence-electron chi connectivity index (χ0n) is 84.7. The summed E-state index contributed by atoms with van der Waals surface area (Å²) in [6.07, 6.45) is 0. The van der Waals surface area contributed by atoms with Crippen molar-refractivity contribution in [1.82, 2.24) is 0 Å². The van der Waals surface area contributed by atoms with Crippen molar-refractivity contribution in [3.05, 3.63) is 627 Å². The molecule has 0 saturated carbocycles. The molecule has 0 radical (unpaired) electrons. The van der Waals surface area contributed by atoms with Gasteiger partial charge >= 0.3 is 0 Å². The molecule has 0 bridgehead atoms. The Kier molecular flexibility index (Phi) is 22.0. The molecule has 0 unspecified atom stereocenters. The minimum atomic E-state index is -0.513. The van der Waals surface area contributed by atoms with Crippen molar-refractivity contribution in [2.24, 2.45) is 0 Å². The summed E-state index contributed by atoms with van der Waals surface area (Å²) >= 11 is 0. The van der Waals surface area contributed by atoms with Crippen LogP contribution in [0.3, 0.4) is 0 Å². The third-order valence-corrected chi connectivity index (χ3v) is 32.9. The Morgan fingerprint density at radius 1 is 0.170 bits per heavy atom. The molecule has 0 fully saturated rings. The van der Waals surface area contributed by atoms with Gasteiger partial charge in [0.2, 0.25) is 0 Å². The molecule has 0 aliphatic heterocycles. The fourth-order valence-corrected chi connectivity index (χ4v) is 25.9. The van der Waals surface area contributed by atoms with Gasteiger partial charge in [0, 0.05) is 67.4 Å². The average Bonchev–Trinajstić information content (AvgIpc) is 1.54. The summed E-state index contributed by atoms with van der Waals surface area (Å²) in [5.41, 5.74) is 49.9. The molecule has 0 saturated heterocycles. The molecule has 708 valence electrons. The normalized spacial score (nSPS) is 14.6. The van der Waals surface area contributed by atoms with Crippen molar-refractivity contribution in [3.8, 4) is 66.8 Å². The standard InChI is InChI=1S/C50H43N.C47H37N.C46H34FN/c1-48(2,3)34-24-26-37(27-25-34)51(38-28-30-42-40-20-12-14-22-44(40)49(4,5)46(42)32-38)39-29-31-43-41-21-13-15-23-45(41)50(47(43)33-39,35-16-8-6-9-17-35)36-18-10-7-11-19-36;1-32-22-24-35(25-23-32)48(36-26-28-40-38-18-10-12-20-42(38)46(2,3)44(40)30-36)37-27-29-41-39-19-11-13-21-43(39)47(45(41)31-37,33-14-6-4-7-15-33)34-16-8-5-9-17-34;1-45(2)41-19-11-9-17-37(41)39-27-25-35(29-43(39)45)48(34-23-21-33(47)22-24-34)36-26-28-40-38-18-10-12-20-42(38)46(44(40)30-36,31-13-5-3-6-14-31)32-15-7-4-8-16-32/h6-33H,1-5H3;4-31H,1-3H3;3-30H,1-2H3. The van der Waals surface area contributed by atoms with Crippen molar-refractivity contribution in [1.29, 1.82) is 0 Å². The van der Waals surface area contributed by atoms with E-state index >= 15 is 0 Å². The number of halogens is 1. The van der Waals surface area contributed by atoms with Crippen molar-refractivity contribution >= 4 is 51.2 Å². The SMILES string of the molecule is CC(C)(C)c1ccc(N(c2ccc3c(c2)C(C)(C)c2ccccc2-3)c2ccc3c(c2)C(c2ccccc2)(c2ccccc2)c2ccccc2-3)cc1.CC1(C)c2ccccc2-c2ccc(N(c3ccc(F)cc3)c3ccc4c(c3)C(c3ccccc3)(c3ccccc3)c3ccccc3-4)cc21.Cc1ccc(N(c2ccc3c(c2)C(C)(C)c2ccccc2-3)c2ccc3c(c2)C(c2ccccc2)(c2ccccc2)c2ccccc2-3)cc1. The lowest BCUT2D eigenvalue weighted by Gasteiger charge is -2.35. The summed E-state index contributed by atoms with van der Waals surface area (Å²) in [6.45, 7) is 23.1. The summed E-state index contributed by atoms with van der Waals surface area (Å²) in [5.74, 6) is -0.249. The molecule has 21 aromatic rings. The van der Waals surface area contributed by atoms with Gasteiger partial charge in [0.1, 0.15) is 5.82 Å². The number of hydrogen-bond donors (Lipinski definition) is 0. The minimum absolute atomic E-state index is 0.0665. The summed E-state index contributed by atoms with van der Waals surface area (Å²) < 4.78 is 14.4. The second-order valence-corrected chi connectivity index (χ2v) is 43.1. The second kappa shape index (κ2) is 35.5. The van der Waals surface area contributed by atoms with Crippen LogP contribution in [0.4, 0.5) is 55.6 Å². The number of fused-ring (bicyclic) bond motifs is 18. The van der Waals surface area contributed by atoms with Crippen LogP contribution in [0.1, 0.15) is 174 Å². The smallest absolute Gasteiger partial charge is 0.123 e. The van der Waals surface area contributed by atoms with Crippen LogP contribution >= 0.6 is 0 Å². The maximum absolute atomic E-state index is 14.4. The third-order valence-electron chi connectivity index (χ3n) is 32.9. The van der Waals surface area contributed by atoms with E-state index in [1.807, 2.05) is 12.1 Å². The summed E-state index contributed by atoms with van der Waals surface area (Å²) in [4.78, 5) is 7.20. The van der Waals surface area contributed by atoms with E-state index in [4.69, 9.17) is 0 Å². The molecule has 0 amide bonds. The van der Waals surface area contributed by atoms with Gasteiger partial charge in [0.15, 0.2) is 0 Å². The highest BCUT2D eigenvalue weighted by Gasteiger charge is 2.51. The van der Waals surface area contributed by atoms with E-state index in [1.54, 1.807) is 12.1 Å². The molecule has 6 aliphatic rings. The molecular weight excluding hydrogens is 1780 g/mol. The van der Waals surface area contributed by atoms with Crippen LogP contribution in [0.15, 0.2) is 510 Å². The second-order valence-electron chi connectivity index (χ2n) is 43.1. The molecule has 21 aromatic carbocycles. The quantitative estimate of drug-likeness (QED) is 0.101. The van der Waals surface area contributed by atoms with E-state index < -0.39 is 16.2 Å². The minimum Gasteiger partial charge on any atom is -0.310 e. The predicted octanol–water partition coefficient (Wildman–Crippen LogP) is 37.2. The maximum Gasteiger partial charge on any atom is 0.123 e. The van der Waals surface area contributed by atoms with E-state index in [-0.39, 0.29) is 27.5 Å². The zero-order valence-corrected chi connectivity index (χ0v) is 84.7. The van der Waals surface area contributed by atoms with E-state index in [1.165, 1.54) is 189 Å². The molecule has 3 nitrogen and oxygen atoms in total. The highest BCUT2D eigenvalue weighted by molar-refractivity contribution is 5.97. The van der Waals surface area contributed by atoms with Crippen molar-refractivity contribution in [3.63, 3.8) is 0 Å². The van der Waals surface area contributed by atoms with Gasteiger partial charge in [-0.05, 0) is 306 Å². The van der Waals surface area contributed by atoms with Crippen LogP contribution < -0.4 is 14.7 Å². The summed E-state index contributed by atoms with van der Waals surface area (Å²) in [7, 11) is 0. The van der Waals surface area contributed by atoms with E-state index in [9.17, 15) is 4.39 Å². The number of hydrogen-bond acceptors (Lipinski definition) is 3. The van der Waals surface area contributed by atoms with Gasteiger partial charge in [-0.15, -0.1) is 0 Å². The Morgan fingerprint density at radius 2 is 0.347 bits per heavy atom. The van der Waals surface area contributed by atoms with Gasteiger partial charge in [-0.1, -0.05) is 456 Å². The lowest BCUT2D eigenvalue weighted by Crippen LogP contribution is -2.28. The van der Waals surface area contributed by atoms with Gasteiger partial charge in [-0.25, -0.2) is 4.39 Å². The Hall–Kier alpha value is -17.1. The zero-order chi connectivity index (χ0) is 99.9. The first kappa shape index (κ1) is 91.2. The van der Waals surface area contributed by atoms with Gasteiger partial charge in [-0.3, -0.25) is 0 Å². The van der Waals surface area contributed by atoms with Crippen LogP contribution in [0.25, 0.3) is 66.8 Å². The Labute approximate surface area is 864 Å². The first-order valence-electron chi connectivity index (χ1n) is 51.8. The summed E-state index contributed by atoms with van der Waals surface area (Å²) in [6, 6.07) is 186. The highest BCUT2D eigenvalue weighted by Crippen LogP contribution is 2.64. The largest absolute Gasteiger partial charge is 0.310 e. The molecule has 0 atom stereocenters. The molecule has 0 aromatic heterocycles. The summed E-state index contributed by atoms with van der Waals surface area (Å²) in [5, 5.41) is 0. The van der Waals surface area contributed by atoms with Gasteiger partial charge < -0.3 is 14.7 Å². The Morgan fingerprint density at radius 3 is 0.585 bits per heavy atom. The predicted molar refractivity (Wildman–Crippen MR) is 611 cm³/mol. The van der Waals surface area contributed by atoms with E-state index in [0.29, 0.717) is 0 Å². The van der Waals surface area contributed by atoms with Gasteiger partial charge in [-0.2, -0.15) is 0 Å². The number of nitrogens with zero attached hydrogens (tertiary/aromatic N) is 3. The van der Waals surface area contributed by atoms with Crippen molar-refractivity contribution in [2.45, 2.75) is 107 Å². The number of rotatable bonds is 15. The van der Waals surface area contributed by atoms with Crippen LogP contribution in [-0.4, -0.2) is 0 Å². The molecule has 147 heavy (non-hydrogen) atoms. The molecule has 6 aliphatic carbocycles. The maximum atomic E-state index is 14.4. The van der Waals surface area contributed by atoms with Gasteiger partial charge in [0.05, 0.1) is 16.2 Å². The third kappa shape index (κ3) is 14.5. The molecule has 0 N–H and O–H groups in total. The van der Waals surface area contributed by atoms with Crippen molar-refractivity contribution < 1.29 is 4.39 Å². The topological polar surface area (TPSA) is 9.72 Å². The lowest BCUT2D eigenvalue weighted by atomic mass is 9.67. The first-order valence-corrected chi connectivity index (χ1v) is 51.8. The number of aryl methyl sites for hydroxylation is 1. The number of anilines is 9.